The van der Waals surface area contributed by atoms with E-state index in [0.717, 1.165) is 19.4 Å². The van der Waals surface area contributed by atoms with Gasteiger partial charge >= 0.3 is 0 Å². The van der Waals surface area contributed by atoms with Gasteiger partial charge in [0.15, 0.2) is 5.65 Å². The average molecular weight is 426 g/mol. The highest BCUT2D eigenvalue weighted by molar-refractivity contribution is 5.73. The van der Waals surface area contributed by atoms with Crippen molar-refractivity contribution in [3.05, 3.63) is 52.0 Å². The zero-order valence-corrected chi connectivity index (χ0v) is 18.0. The Bertz CT molecular complexity index is 1150. The number of hydrogen-bond acceptors (Lipinski definition) is 5. The number of benzene rings is 1. The zero-order chi connectivity index (χ0) is 21.5. The fourth-order valence-electron chi connectivity index (χ4n) is 5.20. The summed E-state index contributed by atoms with van der Waals surface area (Å²) in [7, 11) is 1.56. The monoisotopic (exact) mass is 425 g/mol. The Morgan fingerprint density at radius 2 is 2.06 bits per heavy atom. The molecule has 0 bridgehead atoms. The van der Waals surface area contributed by atoms with E-state index < -0.39 is 0 Å². The molecule has 0 spiro atoms. The number of aromatic nitrogens is 4. The molecule has 8 heteroatoms. The fraction of sp³-hybridized carbons (Fsp3) is 0.522. The van der Waals surface area contributed by atoms with E-state index in [9.17, 15) is 9.18 Å². The Hall–Kier alpha value is -2.74. The molecule has 3 aromatic rings. The molecule has 2 fully saturated rings. The van der Waals surface area contributed by atoms with E-state index >= 15 is 0 Å². The van der Waals surface area contributed by atoms with Crippen LogP contribution in [0.3, 0.4) is 0 Å². The first-order valence-electron chi connectivity index (χ1n) is 11.1. The van der Waals surface area contributed by atoms with Gasteiger partial charge in [0.2, 0.25) is 0 Å². The quantitative estimate of drug-likeness (QED) is 0.676. The predicted octanol–water partition coefficient (Wildman–Crippen LogP) is 3.62. The summed E-state index contributed by atoms with van der Waals surface area (Å²) >= 11 is 0. The van der Waals surface area contributed by atoms with Gasteiger partial charge in [-0.3, -0.25) is 9.69 Å². The van der Waals surface area contributed by atoms with Crippen molar-refractivity contribution in [1.82, 2.24) is 24.6 Å². The maximum atomic E-state index is 14.4. The molecule has 1 N–H and O–H groups in total. The van der Waals surface area contributed by atoms with Gasteiger partial charge in [0.25, 0.3) is 5.56 Å². The topological polar surface area (TPSA) is 76.0 Å². The lowest BCUT2D eigenvalue weighted by molar-refractivity contribution is 0.303. The van der Waals surface area contributed by atoms with Gasteiger partial charge in [0.05, 0.1) is 19.3 Å². The molecule has 2 atom stereocenters. The molecule has 2 aliphatic rings. The highest BCUT2D eigenvalue weighted by atomic mass is 19.1. The Labute approximate surface area is 180 Å². The van der Waals surface area contributed by atoms with Crippen LogP contribution in [0.1, 0.15) is 56.0 Å². The van der Waals surface area contributed by atoms with Gasteiger partial charge in [0, 0.05) is 31.1 Å². The van der Waals surface area contributed by atoms with Crippen LogP contribution < -0.4 is 10.3 Å². The van der Waals surface area contributed by atoms with Gasteiger partial charge in [-0.05, 0) is 30.9 Å². The third-order valence-corrected chi connectivity index (χ3v) is 6.87. The van der Waals surface area contributed by atoms with E-state index in [1.807, 2.05) is 4.68 Å². The van der Waals surface area contributed by atoms with Gasteiger partial charge in [-0.25, -0.2) is 14.1 Å². The minimum atomic E-state index is -0.260. The van der Waals surface area contributed by atoms with Crippen molar-refractivity contribution in [2.45, 2.75) is 51.1 Å². The van der Waals surface area contributed by atoms with Crippen molar-refractivity contribution in [1.29, 1.82) is 0 Å². The Morgan fingerprint density at radius 1 is 1.26 bits per heavy atom. The zero-order valence-electron chi connectivity index (χ0n) is 18.0. The number of likely N-dealkylation sites (tertiary alicyclic amines) is 1. The van der Waals surface area contributed by atoms with Crippen molar-refractivity contribution in [3.8, 4) is 5.75 Å². The molecular formula is C23H28FN5O2. The Balaban J connectivity index is 1.43. The first-order chi connectivity index (χ1) is 15.0. The minimum absolute atomic E-state index is 0.0711. The maximum absolute atomic E-state index is 14.4. The van der Waals surface area contributed by atoms with Crippen LogP contribution >= 0.6 is 0 Å². The summed E-state index contributed by atoms with van der Waals surface area (Å²) in [6, 6.07) is 5.23. The van der Waals surface area contributed by atoms with Gasteiger partial charge in [-0.15, -0.1) is 0 Å². The highest BCUT2D eigenvalue weighted by Crippen LogP contribution is 2.34. The Morgan fingerprint density at radius 3 is 2.84 bits per heavy atom. The van der Waals surface area contributed by atoms with Gasteiger partial charge in [-0.2, -0.15) is 5.10 Å². The minimum Gasteiger partial charge on any atom is -0.496 e. The second-order valence-electron chi connectivity index (χ2n) is 8.91. The number of hydrogen-bond donors (Lipinski definition) is 1. The van der Waals surface area contributed by atoms with Crippen LogP contribution in [0.2, 0.25) is 0 Å². The second-order valence-corrected chi connectivity index (χ2v) is 8.91. The van der Waals surface area contributed by atoms with E-state index in [1.54, 1.807) is 25.4 Å². The molecule has 1 aliphatic carbocycles. The van der Waals surface area contributed by atoms with E-state index in [1.165, 1.54) is 18.9 Å². The van der Waals surface area contributed by atoms with Crippen molar-refractivity contribution in [3.63, 3.8) is 0 Å². The number of rotatable bonds is 5. The third-order valence-electron chi connectivity index (χ3n) is 6.87. The molecular weight excluding hydrogens is 397 g/mol. The first-order valence-corrected chi connectivity index (χ1v) is 11.1. The number of nitrogens with zero attached hydrogens (tertiary/aromatic N) is 4. The number of H-pyrrole nitrogens is 1. The largest absolute Gasteiger partial charge is 0.496 e. The van der Waals surface area contributed by atoms with Crippen LogP contribution in [0.25, 0.3) is 11.0 Å². The van der Waals surface area contributed by atoms with Crippen molar-refractivity contribution < 1.29 is 9.13 Å². The molecule has 3 heterocycles. The summed E-state index contributed by atoms with van der Waals surface area (Å²) in [4.78, 5) is 22.9. The number of nitrogens with one attached hydrogen (secondary N) is 1. The first kappa shape index (κ1) is 20.2. The number of aromatic amines is 1. The highest BCUT2D eigenvalue weighted by Gasteiger charge is 2.34. The molecule has 1 aliphatic heterocycles. The van der Waals surface area contributed by atoms with E-state index in [4.69, 9.17) is 9.72 Å². The SMILES string of the molecule is COc1cccc(F)c1CN1C[C@@H](C)[C@H](c2nc3c(cnn3C3CCCC3)c(=O)[nH]2)C1. The fourth-order valence-corrected chi connectivity index (χ4v) is 5.20. The summed E-state index contributed by atoms with van der Waals surface area (Å²) in [6.45, 7) is 4.11. The summed E-state index contributed by atoms with van der Waals surface area (Å²) in [5.41, 5.74) is 1.12. The molecule has 2 aromatic heterocycles. The van der Waals surface area contributed by atoms with Crippen LogP contribution in [0.5, 0.6) is 5.75 Å². The molecule has 7 nitrogen and oxygen atoms in total. The molecule has 1 saturated carbocycles. The number of fused-ring (bicyclic) bond motifs is 1. The lowest BCUT2D eigenvalue weighted by Crippen LogP contribution is -2.22. The van der Waals surface area contributed by atoms with E-state index in [0.29, 0.717) is 47.3 Å². The molecule has 5 rings (SSSR count). The van der Waals surface area contributed by atoms with Crippen LogP contribution in [0, 0.1) is 11.7 Å². The second kappa shape index (κ2) is 8.07. The molecule has 31 heavy (non-hydrogen) atoms. The summed E-state index contributed by atoms with van der Waals surface area (Å²) in [6.07, 6.45) is 6.18. The summed E-state index contributed by atoms with van der Waals surface area (Å²) in [5, 5.41) is 5.04. The van der Waals surface area contributed by atoms with Crippen LogP contribution in [0.4, 0.5) is 4.39 Å². The normalized spacial score (nSPS) is 22.5. The molecule has 0 unspecified atom stereocenters. The number of methoxy groups -OCH3 is 1. The van der Waals surface area contributed by atoms with Gasteiger partial charge in [-0.1, -0.05) is 25.8 Å². The lowest BCUT2D eigenvalue weighted by atomic mass is 9.97. The predicted molar refractivity (Wildman–Crippen MR) is 116 cm³/mol. The van der Waals surface area contributed by atoms with Crippen molar-refractivity contribution in [2.75, 3.05) is 20.2 Å². The average Bonchev–Trinajstić information content (AvgIpc) is 3.49. The standard InChI is InChI=1S/C23H28FN5O2/c1-14-11-28(13-18-19(24)8-5-9-20(18)31-2)12-17(14)21-26-22-16(23(30)27-21)10-25-29(22)15-6-3-4-7-15/h5,8-10,14-15,17H,3-4,6-7,11-13H2,1-2H3,(H,26,27,30)/t14-,17-/m1/s1. The van der Waals surface area contributed by atoms with Crippen LogP contribution in [-0.4, -0.2) is 44.8 Å². The van der Waals surface area contributed by atoms with Gasteiger partial charge in [0.1, 0.15) is 22.8 Å². The molecule has 1 aromatic carbocycles. The van der Waals surface area contributed by atoms with Crippen molar-refractivity contribution >= 4 is 11.0 Å². The van der Waals surface area contributed by atoms with Crippen LogP contribution in [0.15, 0.2) is 29.2 Å². The maximum Gasteiger partial charge on any atom is 0.262 e. The summed E-state index contributed by atoms with van der Waals surface area (Å²) < 4.78 is 21.7. The molecule has 164 valence electrons. The van der Waals surface area contributed by atoms with Gasteiger partial charge < -0.3 is 9.72 Å². The number of ether oxygens (including phenoxy) is 1. The molecule has 0 amide bonds. The molecule has 0 radical (unpaired) electrons. The smallest absolute Gasteiger partial charge is 0.262 e. The van der Waals surface area contributed by atoms with Crippen molar-refractivity contribution in [2.24, 2.45) is 5.92 Å². The Kier molecular flexibility index (Phi) is 5.25. The number of halogens is 1. The molecule has 1 saturated heterocycles. The lowest BCUT2D eigenvalue weighted by Gasteiger charge is -2.18. The van der Waals surface area contributed by atoms with E-state index in [-0.39, 0.29) is 23.2 Å². The summed E-state index contributed by atoms with van der Waals surface area (Å²) in [5.74, 6) is 1.35. The van der Waals surface area contributed by atoms with Crippen LogP contribution in [-0.2, 0) is 6.54 Å². The van der Waals surface area contributed by atoms with E-state index in [2.05, 4.69) is 21.9 Å². The third kappa shape index (κ3) is 3.63.